The van der Waals surface area contributed by atoms with Gasteiger partial charge in [0.25, 0.3) is 5.91 Å². The quantitative estimate of drug-likeness (QED) is 0.576. The Balaban J connectivity index is 1.79. The zero-order chi connectivity index (χ0) is 17.0. The molecule has 0 spiro atoms. The number of para-hydroxylation sites is 1. The molecule has 0 bridgehead atoms. The van der Waals surface area contributed by atoms with E-state index in [9.17, 15) is 4.79 Å². The maximum Gasteiger partial charge on any atom is 0.253 e. The Bertz CT molecular complexity index is 1160. The molecule has 0 atom stereocenters. The number of nitrogens with zero attached hydrogens (tertiary/aromatic N) is 2. The number of fused-ring (bicyclic) bond motifs is 1. The zero-order valence-corrected chi connectivity index (χ0v) is 13.9. The van der Waals surface area contributed by atoms with Gasteiger partial charge in [0, 0.05) is 18.7 Å². The summed E-state index contributed by atoms with van der Waals surface area (Å²) in [6, 6.07) is 18.6. The van der Waals surface area contributed by atoms with Crippen molar-refractivity contribution in [3.05, 3.63) is 65.7 Å². The molecule has 0 saturated heterocycles. The average Bonchev–Trinajstić information content (AvgIpc) is 2.90. The molecular formula is C21H17N3O. The number of benzene rings is 3. The van der Waals surface area contributed by atoms with Crippen molar-refractivity contribution in [3.8, 4) is 11.4 Å². The number of carbonyl (C=O) groups excluding carboxylic acids is 1. The van der Waals surface area contributed by atoms with Crippen molar-refractivity contribution in [1.29, 1.82) is 0 Å². The predicted molar refractivity (Wildman–Crippen MR) is 99.7 cm³/mol. The van der Waals surface area contributed by atoms with Crippen LogP contribution < -0.4 is 5.32 Å². The zero-order valence-electron chi connectivity index (χ0n) is 13.9. The first-order valence-electron chi connectivity index (χ1n) is 8.49. The molecule has 3 aromatic carbocycles. The summed E-state index contributed by atoms with van der Waals surface area (Å²) in [6.07, 6.45) is 0. The van der Waals surface area contributed by atoms with E-state index in [0.29, 0.717) is 12.1 Å². The highest BCUT2D eigenvalue weighted by Gasteiger charge is 2.21. The van der Waals surface area contributed by atoms with E-state index in [-0.39, 0.29) is 5.91 Å². The van der Waals surface area contributed by atoms with Crippen LogP contribution in [0.2, 0.25) is 0 Å². The Morgan fingerprint density at radius 2 is 1.92 bits per heavy atom. The highest BCUT2D eigenvalue weighted by Crippen LogP contribution is 2.30. The van der Waals surface area contributed by atoms with E-state index in [4.69, 9.17) is 4.98 Å². The summed E-state index contributed by atoms with van der Waals surface area (Å²) in [5.74, 6) is 0.896. The molecule has 0 fully saturated rings. The van der Waals surface area contributed by atoms with E-state index in [1.54, 1.807) is 0 Å². The van der Waals surface area contributed by atoms with Gasteiger partial charge in [-0.2, -0.15) is 0 Å². The number of aryl methyl sites for hydroxylation is 1. The van der Waals surface area contributed by atoms with E-state index >= 15 is 0 Å². The summed E-state index contributed by atoms with van der Waals surface area (Å²) in [4.78, 5) is 17.1. The van der Waals surface area contributed by atoms with Crippen LogP contribution in [0.25, 0.3) is 33.2 Å². The highest BCUT2D eigenvalue weighted by atomic mass is 16.1. The van der Waals surface area contributed by atoms with Crippen molar-refractivity contribution < 1.29 is 4.79 Å². The Morgan fingerprint density at radius 3 is 2.84 bits per heavy atom. The molecule has 0 unspecified atom stereocenters. The van der Waals surface area contributed by atoms with Crippen LogP contribution in [0.5, 0.6) is 0 Å². The van der Waals surface area contributed by atoms with Crippen LogP contribution in [0.4, 0.5) is 0 Å². The topological polar surface area (TPSA) is 46.9 Å². The van der Waals surface area contributed by atoms with Crippen LogP contribution in [0.15, 0.2) is 54.6 Å². The van der Waals surface area contributed by atoms with Gasteiger partial charge in [-0.3, -0.25) is 4.79 Å². The van der Waals surface area contributed by atoms with Gasteiger partial charge in [-0.25, -0.2) is 4.98 Å². The molecule has 0 aliphatic carbocycles. The molecule has 4 nitrogen and oxygen atoms in total. The fourth-order valence-corrected chi connectivity index (χ4v) is 3.69. The van der Waals surface area contributed by atoms with E-state index in [2.05, 4.69) is 53.2 Å². The highest BCUT2D eigenvalue weighted by molar-refractivity contribution is 6.06. The maximum atomic E-state index is 12.3. The van der Waals surface area contributed by atoms with Crippen molar-refractivity contribution in [2.24, 2.45) is 0 Å². The van der Waals surface area contributed by atoms with Gasteiger partial charge in [0.2, 0.25) is 0 Å². The normalized spacial score (nSPS) is 13.9. The second-order valence-electron chi connectivity index (χ2n) is 6.58. The number of rotatable bonds is 1. The Labute approximate surface area is 145 Å². The van der Waals surface area contributed by atoms with E-state index in [1.165, 1.54) is 16.3 Å². The third-order valence-electron chi connectivity index (χ3n) is 4.89. The lowest BCUT2D eigenvalue weighted by molar-refractivity contribution is 0.0956. The predicted octanol–water partition coefficient (Wildman–Crippen LogP) is 3.91. The molecule has 1 amide bonds. The van der Waals surface area contributed by atoms with Crippen molar-refractivity contribution in [2.45, 2.75) is 13.5 Å². The first kappa shape index (κ1) is 14.2. The van der Waals surface area contributed by atoms with Gasteiger partial charge in [-0.05, 0) is 35.9 Å². The summed E-state index contributed by atoms with van der Waals surface area (Å²) in [6.45, 7) is 3.44. The molecule has 1 N–H and O–H groups in total. The Hall–Kier alpha value is -3.14. The lowest BCUT2D eigenvalue weighted by Gasteiger charge is -2.08. The second kappa shape index (κ2) is 5.18. The maximum absolute atomic E-state index is 12.3. The molecule has 0 radical (unpaired) electrons. The minimum atomic E-state index is -0.0232. The molecule has 1 aliphatic rings. The van der Waals surface area contributed by atoms with Crippen LogP contribution in [0.3, 0.4) is 0 Å². The Morgan fingerprint density at radius 1 is 1.04 bits per heavy atom. The largest absolute Gasteiger partial charge is 0.350 e. The molecule has 4 aromatic rings. The fourth-order valence-electron chi connectivity index (χ4n) is 3.69. The summed E-state index contributed by atoms with van der Waals surface area (Å²) in [5.41, 5.74) is 4.82. The molecule has 5 rings (SSSR count). The van der Waals surface area contributed by atoms with E-state index < -0.39 is 0 Å². The van der Waals surface area contributed by atoms with Crippen LogP contribution in [-0.2, 0) is 6.54 Å². The summed E-state index contributed by atoms with van der Waals surface area (Å²) < 4.78 is 2.17. The molecule has 1 aromatic heterocycles. The van der Waals surface area contributed by atoms with Gasteiger partial charge < -0.3 is 9.88 Å². The average molecular weight is 327 g/mol. The monoisotopic (exact) mass is 327 g/mol. The Kier molecular flexibility index (Phi) is 2.95. The third-order valence-corrected chi connectivity index (χ3v) is 4.89. The number of aromatic nitrogens is 2. The van der Waals surface area contributed by atoms with Gasteiger partial charge in [-0.15, -0.1) is 0 Å². The second-order valence-corrected chi connectivity index (χ2v) is 6.58. The molecule has 122 valence electrons. The van der Waals surface area contributed by atoms with Crippen LogP contribution in [0, 0.1) is 6.92 Å². The molecule has 1 aliphatic heterocycles. The van der Waals surface area contributed by atoms with Crippen LogP contribution in [-0.4, -0.2) is 22.0 Å². The summed E-state index contributed by atoms with van der Waals surface area (Å²) in [7, 11) is 0. The van der Waals surface area contributed by atoms with Crippen molar-refractivity contribution in [1.82, 2.24) is 14.9 Å². The van der Waals surface area contributed by atoms with E-state index in [1.807, 2.05) is 18.2 Å². The number of nitrogens with one attached hydrogen (secondary N) is 1. The number of hydrogen-bond donors (Lipinski definition) is 1. The lowest BCUT2D eigenvalue weighted by Crippen LogP contribution is -2.24. The smallest absolute Gasteiger partial charge is 0.253 e. The van der Waals surface area contributed by atoms with Gasteiger partial charge in [0.05, 0.1) is 16.6 Å². The SMILES string of the molecule is Cc1ccc2ccc(-c3nc4cccc5c4n3CCNC5=O)cc2c1. The van der Waals surface area contributed by atoms with Gasteiger partial charge in [0.15, 0.2) is 0 Å². The number of amides is 1. The first-order valence-corrected chi connectivity index (χ1v) is 8.49. The first-order chi connectivity index (χ1) is 12.2. The molecule has 4 heteroatoms. The van der Waals surface area contributed by atoms with E-state index in [0.717, 1.165) is 29.0 Å². The standard InChI is InChI=1S/C21H17N3O/c1-13-5-6-14-7-8-15(12-16(14)11-13)20-23-18-4-2-3-17-19(18)24(20)10-9-22-21(17)25/h2-8,11-12H,9-10H2,1H3,(H,22,25). The summed E-state index contributed by atoms with van der Waals surface area (Å²) in [5, 5.41) is 5.40. The van der Waals surface area contributed by atoms with Crippen molar-refractivity contribution >= 4 is 27.7 Å². The van der Waals surface area contributed by atoms with Gasteiger partial charge >= 0.3 is 0 Å². The number of carbonyl (C=O) groups is 1. The molecule has 2 heterocycles. The molecule has 0 saturated carbocycles. The fraction of sp³-hybridized carbons (Fsp3) is 0.143. The van der Waals surface area contributed by atoms with Crippen molar-refractivity contribution in [2.75, 3.05) is 6.54 Å². The molecular weight excluding hydrogens is 310 g/mol. The third kappa shape index (κ3) is 2.14. The van der Waals surface area contributed by atoms with Gasteiger partial charge in [-0.1, -0.05) is 42.0 Å². The number of hydrogen-bond acceptors (Lipinski definition) is 2. The lowest BCUT2D eigenvalue weighted by atomic mass is 10.0. The number of imidazole rings is 1. The van der Waals surface area contributed by atoms with Crippen molar-refractivity contribution in [3.63, 3.8) is 0 Å². The van der Waals surface area contributed by atoms with Crippen LogP contribution in [0.1, 0.15) is 15.9 Å². The van der Waals surface area contributed by atoms with Gasteiger partial charge in [0.1, 0.15) is 5.82 Å². The minimum Gasteiger partial charge on any atom is -0.350 e. The summed E-state index contributed by atoms with van der Waals surface area (Å²) >= 11 is 0. The molecule has 25 heavy (non-hydrogen) atoms. The minimum absolute atomic E-state index is 0.0232. The van der Waals surface area contributed by atoms with Crippen LogP contribution >= 0.6 is 0 Å².